The summed E-state index contributed by atoms with van der Waals surface area (Å²) in [4.78, 5) is 21.3. The number of aryl methyl sites for hydroxylation is 3. The van der Waals surface area contributed by atoms with E-state index >= 15 is 0 Å². The number of carboxylic acid groups (broad SMARTS) is 1. The molecule has 0 saturated heterocycles. The summed E-state index contributed by atoms with van der Waals surface area (Å²) in [5, 5.41) is 11.4. The molecule has 0 saturated carbocycles. The van der Waals surface area contributed by atoms with E-state index in [0.29, 0.717) is 22.5 Å². The summed E-state index contributed by atoms with van der Waals surface area (Å²) in [6.45, 7) is 6.80. The van der Waals surface area contributed by atoms with Crippen LogP contribution in [0.25, 0.3) is 33.3 Å². The van der Waals surface area contributed by atoms with E-state index in [2.05, 4.69) is 46.5 Å². The first-order chi connectivity index (χ1) is 15.9. The predicted molar refractivity (Wildman–Crippen MR) is 132 cm³/mol. The van der Waals surface area contributed by atoms with E-state index < -0.39 is 5.97 Å². The van der Waals surface area contributed by atoms with Gasteiger partial charge in [0.05, 0.1) is 12.1 Å². The summed E-state index contributed by atoms with van der Waals surface area (Å²) in [6.07, 6.45) is 0.808. The van der Waals surface area contributed by atoms with Gasteiger partial charge in [-0.15, -0.1) is 0 Å². The Labute approximate surface area is 199 Å². The van der Waals surface area contributed by atoms with Gasteiger partial charge in [0, 0.05) is 28.5 Å². The zero-order chi connectivity index (χ0) is 23.3. The highest BCUT2D eigenvalue weighted by Gasteiger charge is 2.20. The van der Waals surface area contributed by atoms with Gasteiger partial charge in [0.2, 0.25) is 0 Å². The van der Waals surface area contributed by atoms with Crippen LogP contribution in [0.5, 0.6) is 0 Å². The molecule has 33 heavy (non-hydrogen) atoms. The SMILES string of the molecule is CCc1nc2c(C)cc(C)nc2n1Cc1ccc2c(-c3ccccc3C(=O)O)oc(Br)c2c1. The second-order valence-corrected chi connectivity index (χ2v) is 8.88. The monoisotopic (exact) mass is 503 g/mol. The number of rotatable bonds is 5. The highest BCUT2D eigenvalue weighted by atomic mass is 79.9. The van der Waals surface area contributed by atoms with Crippen LogP contribution < -0.4 is 0 Å². The fourth-order valence-electron chi connectivity index (χ4n) is 4.38. The van der Waals surface area contributed by atoms with Gasteiger partial charge in [-0.25, -0.2) is 14.8 Å². The molecule has 0 amide bonds. The first kappa shape index (κ1) is 21.4. The van der Waals surface area contributed by atoms with Crippen molar-refractivity contribution in [3.63, 3.8) is 0 Å². The fraction of sp³-hybridized carbons (Fsp3) is 0.192. The number of imidazole rings is 1. The lowest BCUT2D eigenvalue weighted by atomic mass is 10.0. The molecule has 0 aliphatic heterocycles. The van der Waals surface area contributed by atoms with E-state index in [1.165, 1.54) is 0 Å². The van der Waals surface area contributed by atoms with Crippen molar-refractivity contribution >= 4 is 43.8 Å². The molecule has 5 rings (SSSR count). The third-order valence-corrected chi connectivity index (χ3v) is 6.48. The Morgan fingerprint density at radius 1 is 1.09 bits per heavy atom. The molecule has 6 nitrogen and oxygen atoms in total. The minimum absolute atomic E-state index is 0.207. The smallest absolute Gasteiger partial charge is 0.336 e. The highest BCUT2D eigenvalue weighted by Crippen LogP contribution is 2.39. The van der Waals surface area contributed by atoms with Gasteiger partial charge in [0.1, 0.15) is 17.1 Å². The molecule has 0 aliphatic rings. The number of carbonyl (C=O) groups is 1. The summed E-state index contributed by atoms with van der Waals surface area (Å²) in [7, 11) is 0. The first-order valence-electron chi connectivity index (χ1n) is 10.7. The molecule has 0 radical (unpaired) electrons. The van der Waals surface area contributed by atoms with Crippen molar-refractivity contribution in [2.24, 2.45) is 0 Å². The Morgan fingerprint density at radius 2 is 1.88 bits per heavy atom. The molecule has 0 bridgehead atoms. The van der Waals surface area contributed by atoms with Gasteiger partial charge in [0.15, 0.2) is 10.3 Å². The molecule has 166 valence electrons. The molecular weight excluding hydrogens is 482 g/mol. The van der Waals surface area contributed by atoms with Crippen molar-refractivity contribution < 1.29 is 14.3 Å². The number of fused-ring (bicyclic) bond motifs is 2. The number of aromatic nitrogens is 3. The van der Waals surface area contributed by atoms with Crippen molar-refractivity contribution in [2.75, 3.05) is 0 Å². The van der Waals surface area contributed by atoms with E-state index in [4.69, 9.17) is 14.4 Å². The van der Waals surface area contributed by atoms with Crippen LogP contribution in [-0.2, 0) is 13.0 Å². The molecule has 3 heterocycles. The summed E-state index contributed by atoms with van der Waals surface area (Å²) >= 11 is 3.53. The average molecular weight is 504 g/mol. The molecule has 1 N–H and O–H groups in total. The zero-order valence-corrected chi connectivity index (χ0v) is 20.1. The van der Waals surface area contributed by atoms with Crippen molar-refractivity contribution in [1.29, 1.82) is 0 Å². The van der Waals surface area contributed by atoms with Crippen molar-refractivity contribution in [1.82, 2.24) is 14.5 Å². The van der Waals surface area contributed by atoms with Crippen LogP contribution in [0.1, 0.15) is 39.9 Å². The van der Waals surface area contributed by atoms with Crippen LogP contribution in [0.15, 0.2) is 57.6 Å². The molecule has 7 heteroatoms. The number of pyridine rings is 1. The maximum Gasteiger partial charge on any atom is 0.336 e. The van der Waals surface area contributed by atoms with Crippen molar-refractivity contribution in [2.45, 2.75) is 33.7 Å². The second-order valence-electron chi connectivity index (χ2n) is 8.16. The number of benzene rings is 2. The lowest BCUT2D eigenvalue weighted by Crippen LogP contribution is -2.05. The fourth-order valence-corrected chi connectivity index (χ4v) is 4.87. The number of furan rings is 1. The van der Waals surface area contributed by atoms with E-state index in [1.54, 1.807) is 18.2 Å². The summed E-state index contributed by atoms with van der Waals surface area (Å²) < 4.78 is 8.75. The Balaban J connectivity index is 1.62. The number of hydrogen-bond acceptors (Lipinski definition) is 4. The highest BCUT2D eigenvalue weighted by molar-refractivity contribution is 9.10. The predicted octanol–water partition coefficient (Wildman–Crippen LogP) is 6.53. The third-order valence-electron chi connectivity index (χ3n) is 5.89. The minimum Gasteiger partial charge on any atom is -0.478 e. The summed E-state index contributed by atoms with van der Waals surface area (Å²) in [5.41, 5.74) is 5.77. The lowest BCUT2D eigenvalue weighted by Gasteiger charge is -2.09. The quantitative estimate of drug-likeness (QED) is 0.294. The van der Waals surface area contributed by atoms with Gasteiger partial charge in [-0.2, -0.15) is 0 Å². The Bertz CT molecular complexity index is 1550. The zero-order valence-electron chi connectivity index (χ0n) is 18.5. The van der Waals surface area contributed by atoms with Gasteiger partial charge < -0.3 is 14.1 Å². The van der Waals surface area contributed by atoms with Crippen LogP contribution in [-0.4, -0.2) is 25.6 Å². The van der Waals surface area contributed by atoms with Gasteiger partial charge in [-0.05, 0) is 59.1 Å². The molecule has 0 aliphatic carbocycles. The Morgan fingerprint density at radius 3 is 2.64 bits per heavy atom. The van der Waals surface area contributed by atoms with Gasteiger partial charge in [-0.1, -0.05) is 37.3 Å². The molecule has 0 unspecified atom stereocenters. The molecule has 3 aromatic heterocycles. The molecule has 0 fully saturated rings. The maximum atomic E-state index is 11.7. The number of nitrogens with zero attached hydrogens (tertiary/aromatic N) is 3. The summed E-state index contributed by atoms with van der Waals surface area (Å²) in [5.74, 6) is 0.547. The maximum absolute atomic E-state index is 11.7. The molecule has 2 aromatic carbocycles. The van der Waals surface area contributed by atoms with E-state index in [9.17, 15) is 9.90 Å². The standard InChI is InChI=1S/C26H22BrN3O3/c1-4-21-29-22-14(2)11-15(3)28-25(22)30(21)13-16-9-10-18-20(12-16)24(27)33-23(18)17-7-5-6-8-19(17)26(31)32/h5-12H,4,13H2,1-3H3,(H,31,32). The van der Waals surface area contributed by atoms with E-state index in [0.717, 1.165) is 51.0 Å². The third kappa shape index (κ3) is 3.62. The Kier molecular flexibility index (Phi) is 5.29. The Hall–Kier alpha value is -3.45. The van der Waals surface area contributed by atoms with Crippen LogP contribution in [0.3, 0.4) is 0 Å². The second kappa shape index (κ2) is 8.15. The molecular formula is C26H22BrN3O3. The number of aromatic carboxylic acids is 1. The molecule has 0 atom stereocenters. The van der Waals surface area contributed by atoms with Crippen molar-refractivity contribution in [3.8, 4) is 11.3 Å². The van der Waals surface area contributed by atoms with E-state index in [1.807, 2.05) is 25.1 Å². The molecule has 5 aromatic rings. The van der Waals surface area contributed by atoms with Gasteiger partial charge >= 0.3 is 5.97 Å². The molecule has 0 spiro atoms. The van der Waals surface area contributed by atoms with Crippen LogP contribution in [0.4, 0.5) is 0 Å². The lowest BCUT2D eigenvalue weighted by molar-refractivity contribution is 0.0697. The van der Waals surface area contributed by atoms with Gasteiger partial charge in [0.25, 0.3) is 0 Å². The summed E-state index contributed by atoms with van der Waals surface area (Å²) in [6, 6.07) is 15.0. The average Bonchev–Trinajstić information content (AvgIpc) is 3.31. The van der Waals surface area contributed by atoms with Crippen LogP contribution in [0.2, 0.25) is 0 Å². The number of carboxylic acids is 1. The first-order valence-corrected chi connectivity index (χ1v) is 11.5. The van der Waals surface area contributed by atoms with E-state index in [-0.39, 0.29) is 5.56 Å². The number of hydrogen-bond donors (Lipinski definition) is 1. The van der Waals surface area contributed by atoms with Crippen LogP contribution in [0, 0.1) is 13.8 Å². The van der Waals surface area contributed by atoms with Crippen molar-refractivity contribution in [3.05, 3.63) is 81.4 Å². The topological polar surface area (TPSA) is 81.2 Å². The van der Waals surface area contributed by atoms with Gasteiger partial charge in [-0.3, -0.25) is 0 Å². The largest absolute Gasteiger partial charge is 0.478 e. The minimum atomic E-state index is -0.986. The normalized spacial score (nSPS) is 11.5. The van der Waals surface area contributed by atoms with Crippen LogP contribution >= 0.6 is 15.9 Å². The number of halogens is 1.